The van der Waals surface area contributed by atoms with Gasteiger partial charge in [-0.15, -0.1) is 0 Å². The Bertz CT molecular complexity index is 519. The van der Waals surface area contributed by atoms with Crippen LogP contribution in [0.15, 0.2) is 24.3 Å². The summed E-state index contributed by atoms with van der Waals surface area (Å²) in [6, 6.07) is 7.83. The first-order valence-corrected chi connectivity index (χ1v) is 8.28. The van der Waals surface area contributed by atoms with Gasteiger partial charge >= 0.3 is 0 Å². The quantitative estimate of drug-likeness (QED) is 0.802. The molecule has 1 heterocycles. The molecule has 0 aliphatic carbocycles. The molecular formula is C18H28N2O3. The van der Waals surface area contributed by atoms with Gasteiger partial charge in [0.15, 0.2) is 0 Å². The van der Waals surface area contributed by atoms with E-state index in [0.717, 1.165) is 25.1 Å². The van der Waals surface area contributed by atoms with Gasteiger partial charge in [0.25, 0.3) is 5.91 Å². The number of likely N-dealkylation sites (tertiary alicyclic amines) is 1. The molecule has 0 bridgehead atoms. The highest BCUT2D eigenvalue weighted by molar-refractivity contribution is 5.94. The van der Waals surface area contributed by atoms with Crippen molar-refractivity contribution in [2.24, 2.45) is 5.92 Å². The van der Waals surface area contributed by atoms with E-state index in [0.29, 0.717) is 18.0 Å². The number of amides is 1. The highest BCUT2D eigenvalue weighted by Gasteiger charge is 2.31. The number of aliphatic hydroxyl groups excluding tert-OH is 1. The predicted molar refractivity (Wildman–Crippen MR) is 90.3 cm³/mol. The molecule has 0 aromatic heterocycles. The second-order valence-electron chi connectivity index (χ2n) is 6.66. The molecule has 0 radical (unpaired) electrons. The molecule has 1 saturated heterocycles. The second kappa shape index (κ2) is 8.43. The first-order valence-electron chi connectivity index (χ1n) is 8.28. The standard InChI is InChI=1S/C18H28N2O3/c1-13(2)9-19-18(22)15-6-4-5-14(7-15)10-20-11-17(23-3)8-16(20)12-21/h4-7,13,16-17,21H,8-12H2,1-3H3,(H,19,22)/t16-,17-/m0/s1. The number of hydrogen-bond donors (Lipinski definition) is 2. The lowest BCUT2D eigenvalue weighted by Crippen LogP contribution is -2.32. The number of methoxy groups -OCH3 is 1. The molecule has 1 fully saturated rings. The third-order valence-electron chi connectivity index (χ3n) is 4.28. The number of carbonyl (C=O) groups is 1. The maximum atomic E-state index is 12.2. The summed E-state index contributed by atoms with van der Waals surface area (Å²) in [7, 11) is 1.71. The molecule has 2 rings (SSSR count). The molecule has 1 aliphatic heterocycles. The predicted octanol–water partition coefficient (Wildman–Crippen LogP) is 1.65. The third kappa shape index (κ3) is 5.03. The van der Waals surface area contributed by atoms with E-state index >= 15 is 0 Å². The number of benzene rings is 1. The van der Waals surface area contributed by atoms with Crippen LogP contribution in [0.5, 0.6) is 0 Å². The Morgan fingerprint density at radius 2 is 2.26 bits per heavy atom. The van der Waals surface area contributed by atoms with Gasteiger partial charge in [-0.3, -0.25) is 9.69 Å². The smallest absolute Gasteiger partial charge is 0.251 e. The monoisotopic (exact) mass is 320 g/mol. The van der Waals surface area contributed by atoms with Crippen LogP contribution in [0, 0.1) is 5.92 Å². The number of hydrogen-bond acceptors (Lipinski definition) is 4. The molecule has 2 atom stereocenters. The molecule has 23 heavy (non-hydrogen) atoms. The van der Waals surface area contributed by atoms with Crippen molar-refractivity contribution in [3.63, 3.8) is 0 Å². The minimum Gasteiger partial charge on any atom is -0.395 e. The molecule has 1 aromatic carbocycles. The van der Waals surface area contributed by atoms with E-state index in [1.54, 1.807) is 7.11 Å². The summed E-state index contributed by atoms with van der Waals surface area (Å²) in [4.78, 5) is 14.4. The summed E-state index contributed by atoms with van der Waals surface area (Å²) < 4.78 is 5.41. The van der Waals surface area contributed by atoms with E-state index in [1.165, 1.54) is 0 Å². The maximum Gasteiger partial charge on any atom is 0.251 e. The Morgan fingerprint density at radius 3 is 2.91 bits per heavy atom. The lowest BCUT2D eigenvalue weighted by atomic mass is 10.1. The van der Waals surface area contributed by atoms with Gasteiger partial charge in [-0.2, -0.15) is 0 Å². The molecule has 128 valence electrons. The number of carbonyl (C=O) groups excluding carboxylic acids is 1. The van der Waals surface area contributed by atoms with Crippen molar-refractivity contribution in [1.29, 1.82) is 0 Å². The lowest BCUT2D eigenvalue weighted by Gasteiger charge is -2.22. The van der Waals surface area contributed by atoms with Crippen LogP contribution in [0.1, 0.15) is 36.2 Å². The van der Waals surface area contributed by atoms with E-state index in [2.05, 4.69) is 24.1 Å². The zero-order valence-corrected chi connectivity index (χ0v) is 14.3. The van der Waals surface area contributed by atoms with Gasteiger partial charge in [-0.25, -0.2) is 0 Å². The van der Waals surface area contributed by atoms with Crippen molar-refractivity contribution in [2.75, 3.05) is 26.8 Å². The third-order valence-corrected chi connectivity index (χ3v) is 4.28. The van der Waals surface area contributed by atoms with E-state index < -0.39 is 0 Å². The minimum absolute atomic E-state index is 0.0320. The number of nitrogens with one attached hydrogen (secondary N) is 1. The fraction of sp³-hybridized carbons (Fsp3) is 0.611. The SMILES string of the molecule is CO[C@H]1C[C@@H](CO)N(Cc2cccc(C(=O)NCC(C)C)c2)C1. The molecular weight excluding hydrogens is 292 g/mol. The molecule has 1 aliphatic rings. The van der Waals surface area contributed by atoms with Crippen LogP contribution in [0.25, 0.3) is 0 Å². The Morgan fingerprint density at radius 1 is 1.48 bits per heavy atom. The van der Waals surface area contributed by atoms with Crippen LogP contribution in [-0.2, 0) is 11.3 Å². The van der Waals surface area contributed by atoms with Gasteiger partial charge in [-0.05, 0) is 30.0 Å². The van der Waals surface area contributed by atoms with Crippen molar-refractivity contribution < 1.29 is 14.6 Å². The molecule has 5 heteroatoms. The first kappa shape index (κ1) is 17.9. The number of aliphatic hydroxyl groups is 1. The summed E-state index contributed by atoms with van der Waals surface area (Å²) >= 11 is 0. The van der Waals surface area contributed by atoms with Crippen molar-refractivity contribution >= 4 is 5.91 Å². The van der Waals surface area contributed by atoms with Crippen LogP contribution in [-0.4, -0.2) is 54.9 Å². The van der Waals surface area contributed by atoms with E-state index in [1.807, 2.05) is 24.3 Å². The average molecular weight is 320 g/mol. The summed E-state index contributed by atoms with van der Waals surface area (Å²) in [6.45, 7) is 6.49. The highest BCUT2D eigenvalue weighted by Crippen LogP contribution is 2.22. The molecule has 1 aromatic rings. The summed E-state index contributed by atoms with van der Waals surface area (Å²) in [5.74, 6) is 0.401. The van der Waals surface area contributed by atoms with Crippen molar-refractivity contribution in [2.45, 2.75) is 39.0 Å². The highest BCUT2D eigenvalue weighted by atomic mass is 16.5. The Kier molecular flexibility index (Phi) is 6.57. The van der Waals surface area contributed by atoms with E-state index in [-0.39, 0.29) is 24.7 Å². The summed E-state index contributed by atoms with van der Waals surface area (Å²) in [5.41, 5.74) is 1.77. The molecule has 0 saturated carbocycles. The van der Waals surface area contributed by atoms with Crippen LogP contribution in [0.4, 0.5) is 0 Å². The Labute approximate surface area is 138 Å². The topological polar surface area (TPSA) is 61.8 Å². The fourth-order valence-electron chi connectivity index (χ4n) is 2.94. The normalized spacial score (nSPS) is 21.8. The summed E-state index contributed by atoms with van der Waals surface area (Å²) in [6.07, 6.45) is 1.02. The molecule has 5 nitrogen and oxygen atoms in total. The first-order chi connectivity index (χ1) is 11.0. The Balaban J connectivity index is 2.01. The largest absolute Gasteiger partial charge is 0.395 e. The number of nitrogens with zero attached hydrogens (tertiary/aromatic N) is 1. The van der Waals surface area contributed by atoms with Crippen molar-refractivity contribution in [3.8, 4) is 0 Å². The van der Waals surface area contributed by atoms with Crippen molar-refractivity contribution in [1.82, 2.24) is 10.2 Å². The second-order valence-corrected chi connectivity index (χ2v) is 6.66. The van der Waals surface area contributed by atoms with Crippen LogP contribution < -0.4 is 5.32 Å². The summed E-state index contributed by atoms with van der Waals surface area (Å²) in [5, 5.41) is 12.5. The van der Waals surface area contributed by atoms with Gasteiger partial charge in [0.2, 0.25) is 0 Å². The number of ether oxygens (including phenoxy) is 1. The van der Waals surface area contributed by atoms with Gasteiger partial charge in [0.1, 0.15) is 0 Å². The Hall–Kier alpha value is -1.43. The van der Waals surface area contributed by atoms with Gasteiger partial charge in [0.05, 0.1) is 12.7 Å². The molecule has 0 spiro atoms. The lowest BCUT2D eigenvalue weighted by molar-refractivity contribution is 0.0948. The van der Waals surface area contributed by atoms with Gasteiger partial charge in [-0.1, -0.05) is 26.0 Å². The van der Waals surface area contributed by atoms with Crippen molar-refractivity contribution in [3.05, 3.63) is 35.4 Å². The van der Waals surface area contributed by atoms with Crippen LogP contribution >= 0.6 is 0 Å². The van der Waals surface area contributed by atoms with E-state index in [9.17, 15) is 9.90 Å². The van der Waals surface area contributed by atoms with Crippen LogP contribution in [0.3, 0.4) is 0 Å². The molecule has 2 N–H and O–H groups in total. The number of rotatable bonds is 7. The zero-order valence-electron chi connectivity index (χ0n) is 14.3. The van der Waals surface area contributed by atoms with E-state index in [4.69, 9.17) is 4.74 Å². The zero-order chi connectivity index (χ0) is 16.8. The van der Waals surface area contributed by atoms with Gasteiger partial charge < -0.3 is 15.2 Å². The molecule has 0 unspecified atom stereocenters. The maximum absolute atomic E-state index is 12.2. The average Bonchev–Trinajstić information content (AvgIpc) is 2.94. The van der Waals surface area contributed by atoms with Crippen LogP contribution in [0.2, 0.25) is 0 Å². The minimum atomic E-state index is -0.0320. The molecule has 1 amide bonds. The van der Waals surface area contributed by atoms with Gasteiger partial charge in [0, 0.05) is 38.3 Å². The fourth-order valence-corrected chi connectivity index (χ4v) is 2.94.